The third kappa shape index (κ3) is 3.92. The van der Waals surface area contributed by atoms with Crippen molar-refractivity contribution in [3.05, 3.63) is 38.8 Å². The number of nitrogens with zero attached hydrogens (tertiary/aromatic N) is 2. The Bertz CT molecular complexity index is 609. The maximum absolute atomic E-state index is 13.7. The molecule has 0 aliphatic carbocycles. The van der Waals surface area contributed by atoms with E-state index >= 15 is 0 Å². The first-order chi connectivity index (χ1) is 9.60. The highest BCUT2D eigenvalue weighted by Crippen LogP contribution is 2.26. The summed E-state index contributed by atoms with van der Waals surface area (Å²) >= 11 is 8.02. The van der Waals surface area contributed by atoms with Gasteiger partial charge in [0, 0.05) is 15.1 Å². The largest absolute Gasteiger partial charge is 0.354 e. The molecule has 1 aromatic carbocycles. The molecule has 0 aliphatic rings. The van der Waals surface area contributed by atoms with Crippen molar-refractivity contribution in [3.63, 3.8) is 0 Å². The monoisotopic (exact) mass is 406 g/mol. The maximum atomic E-state index is 13.7. The quantitative estimate of drug-likeness (QED) is 0.721. The van der Waals surface area contributed by atoms with Crippen LogP contribution in [0.4, 0.5) is 21.8 Å². The summed E-state index contributed by atoms with van der Waals surface area (Å²) in [5.41, 5.74) is 0.744. The molecular formula is C13H13ClFIN4. The minimum absolute atomic E-state index is 0.138. The lowest BCUT2D eigenvalue weighted by atomic mass is 10.3. The summed E-state index contributed by atoms with van der Waals surface area (Å²) in [5.74, 6) is 0.0383. The van der Waals surface area contributed by atoms with Crippen LogP contribution in [0.5, 0.6) is 0 Å². The van der Waals surface area contributed by atoms with E-state index < -0.39 is 5.82 Å². The molecule has 7 heteroatoms. The lowest BCUT2D eigenvalue weighted by Gasteiger charge is -2.10. The van der Waals surface area contributed by atoms with Gasteiger partial charge in [0.2, 0.25) is 5.95 Å². The van der Waals surface area contributed by atoms with Gasteiger partial charge >= 0.3 is 0 Å². The first kappa shape index (κ1) is 15.2. The Morgan fingerprint density at radius 2 is 2.20 bits per heavy atom. The van der Waals surface area contributed by atoms with Crippen molar-refractivity contribution < 1.29 is 4.39 Å². The maximum Gasteiger partial charge on any atom is 0.224 e. The van der Waals surface area contributed by atoms with Crippen molar-refractivity contribution >= 4 is 51.6 Å². The Kier molecular flexibility index (Phi) is 5.36. The smallest absolute Gasteiger partial charge is 0.224 e. The third-order valence-corrected chi connectivity index (χ3v) is 3.59. The predicted molar refractivity (Wildman–Crippen MR) is 88.2 cm³/mol. The van der Waals surface area contributed by atoms with Crippen molar-refractivity contribution in [1.29, 1.82) is 0 Å². The van der Waals surface area contributed by atoms with E-state index in [9.17, 15) is 4.39 Å². The molecule has 2 rings (SSSR count). The van der Waals surface area contributed by atoms with Crippen molar-refractivity contribution in [2.45, 2.75) is 13.3 Å². The van der Waals surface area contributed by atoms with E-state index in [0.29, 0.717) is 11.0 Å². The summed E-state index contributed by atoms with van der Waals surface area (Å²) in [6.45, 7) is 2.77. The van der Waals surface area contributed by atoms with Gasteiger partial charge in [-0.05, 0) is 47.2 Å². The van der Waals surface area contributed by atoms with Gasteiger partial charge in [0.25, 0.3) is 0 Å². The Morgan fingerprint density at radius 1 is 1.40 bits per heavy atom. The second-order valence-electron chi connectivity index (χ2n) is 4.07. The molecule has 0 saturated heterocycles. The van der Waals surface area contributed by atoms with E-state index in [1.54, 1.807) is 18.2 Å². The highest BCUT2D eigenvalue weighted by atomic mass is 127. The van der Waals surface area contributed by atoms with Crippen LogP contribution in [0.3, 0.4) is 0 Å². The van der Waals surface area contributed by atoms with Gasteiger partial charge in [0.1, 0.15) is 0 Å². The van der Waals surface area contributed by atoms with Crippen LogP contribution in [0.2, 0.25) is 5.02 Å². The number of nitrogens with one attached hydrogen (secondary N) is 2. The number of aromatic nitrogens is 2. The van der Waals surface area contributed by atoms with Gasteiger partial charge in [0.15, 0.2) is 11.6 Å². The molecular weight excluding hydrogens is 394 g/mol. The van der Waals surface area contributed by atoms with Crippen LogP contribution in [0.1, 0.15) is 13.3 Å². The standard InChI is InChI=1S/C13H13ClFIN4/c1-2-5-17-13-18-7-9(15)12(20-13)19-11-4-3-8(14)6-10(11)16/h3-4,6-7H,2,5H2,1H3,(H2,17,18,19,20). The molecule has 1 aromatic heterocycles. The van der Waals surface area contributed by atoms with Crippen molar-refractivity contribution in [1.82, 2.24) is 9.97 Å². The lowest BCUT2D eigenvalue weighted by Crippen LogP contribution is -2.07. The van der Waals surface area contributed by atoms with E-state index in [2.05, 4.69) is 43.2 Å². The fourth-order valence-electron chi connectivity index (χ4n) is 1.50. The van der Waals surface area contributed by atoms with Crippen molar-refractivity contribution in [3.8, 4) is 0 Å². The Hall–Kier alpha value is -1.15. The average molecular weight is 407 g/mol. The molecule has 0 amide bonds. The summed E-state index contributed by atoms with van der Waals surface area (Å²) in [6, 6.07) is 5.31. The zero-order valence-electron chi connectivity index (χ0n) is 10.8. The number of benzene rings is 1. The molecule has 0 bridgehead atoms. The van der Waals surface area contributed by atoms with Crippen LogP contribution in [-0.4, -0.2) is 16.5 Å². The molecule has 2 N–H and O–H groups in total. The van der Waals surface area contributed by atoms with Gasteiger partial charge in [-0.1, -0.05) is 18.5 Å². The number of hydrogen-bond acceptors (Lipinski definition) is 4. The molecule has 106 valence electrons. The third-order valence-electron chi connectivity index (χ3n) is 2.46. The van der Waals surface area contributed by atoms with E-state index in [-0.39, 0.29) is 5.82 Å². The minimum Gasteiger partial charge on any atom is -0.354 e. The zero-order chi connectivity index (χ0) is 14.5. The molecule has 0 aliphatic heterocycles. The molecule has 1 heterocycles. The van der Waals surface area contributed by atoms with Gasteiger partial charge in [-0.3, -0.25) is 0 Å². The van der Waals surface area contributed by atoms with Crippen LogP contribution in [-0.2, 0) is 0 Å². The molecule has 4 nitrogen and oxygen atoms in total. The average Bonchev–Trinajstić information content (AvgIpc) is 2.42. The Morgan fingerprint density at radius 3 is 2.90 bits per heavy atom. The summed E-state index contributed by atoms with van der Waals surface area (Å²) in [4.78, 5) is 8.02. The normalized spacial score (nSPS) is 10.4. The molecule has 0 fully saturated rings. The molecule has 0 spiro atoms. The number of halogens is 3. The molecule has 0 saturated carbocycles. The second-order valence-corrected chi connectivity index (χ2v) is 5.66. The van der Waals surface area contributed by atoms with Gasteiger partial charge in [-0.15, -0.1) is 0 Å². The van der Waals surface area contributed by atoms with Crippen LogP contribution in [0.25, 0.3) is 0 Å². The number of hydrogen-bond donors (Lipinski definition) is 2. The van der Waals surface area contributed by atoms with Crippen molar-refractivity contribution in [2.75, 3.05) is 17.2 Å². The molecule has 20 heavy (non-hydrogen) atoms. The fraction of sp³-hybridized carbons (Fsp3) is 0.231. The topological polar surface area (TPSA) is 49.8 Å². The van der Waals surface area contributed by atoms with Gasteiger partial charge in [-0.25, -0.2) is 9.37 Å². The highest BCUT2D eigenvalue weighted by Gasteiger charge is 2.09. The van der Waals surface area contributed by atoms with E-state index in [0.717, 1.165) is 28.4 Å². The van der Waals surface area contributed by atoms with Crippen LogP contribution < -0.4 is 10.6 Å². The van der Waals surface area contributed by atoms with Crippen LogP contribution >= 0.6 is 34.2 Å². The minimum atomic E-state index is -0.502. The Labute approximate surface area is 135 Å². The van der Waals surface area contributed by atoms with Gasteiger partial charge < -0.3 is 10.6 Å². The van der Waals surface area contributed by atoms with E-state index in [4.69, 9.17) is 11.6 Å². The lowest BCUT2D eigenvalue weighted by molar-refractivity contribution is 0.619. The summed E-state index contributed by atoms with van der Waals surface area (Å²) in [7, 11) is 0. The highest BCUT2D eigenvalue weighted by molar-refractivity contribution is 14.1. The SMILES string of the molecule is CCCNc1ncc(F)c(Nc2ccc(Cl)cc2I)n1. The zero-order valence-corrected chi connectivity index (χ0v) is 13.7. The van der Waals surface area contributed by atoms with Gasteiger partial charge in [0.05, 0.1) is 11.9 Å². The summed E-state index contributed by atoms with van der Waals surface area (Å²) < 4.78 is 14.6. The summed E-state index contributed by atoms with van der Waals surface area (Å²) in [6.07, 6.45) is 2.09. The molecule has 0 atom stereocenters. The Balaban J connectivity index is 2.23. The number of rotatable bonds is 5. The van der Waals surface area contributed by atoms with Crippen LogP contribution in [0.15, 0.2) is 24.4 Å². The van der Waals surface area contributed by atoms with E-state index in [1.807, 2.05) is 6.92 Å². The second kappa shape index (κ2) is 7.03. The van der Waals surface area contributed by atoms with E-state index in [1.165, 1.54) is 0 Å². The fourth-order valence-corrected chi connectivity index (χ4v) is 2.50. The molecule has 0 unspecified atom stereocenters. The van der Waals surface area contributed by atoms with Gasteiger partial charge in [-0.2, -0.15) is 4.98 Å². The number of anilines is 3. The molecule has 0 radical (unpaired) electrons. The molecule has 2 aromatic rings. The van der Waals surface area contributed by atoms with Crippen molar-refractivity contribution in [2.24, 2.45) is 0 Å². The summed E-state index contributed by atoms with van der Waals surface area (Å²) in [5, 5.41) is 6.60. The predicted octanol–water partition coefficient (Wildman–Crippen LogP) is 4.44. The first-order valence-electron chi connectivity index (χ1n) is 6.08. The van der Waals surface area contributed by atoms with Crippen LogP contribution in [0, 0.1) is 9.39 Å². The first-order valence-corrected chi connectivity index (χ1v) is 7.54.